The molecule has 4 rings (SSSR count). The van der Waals surface area contributed by atoms with Crippen LogP contribution in [-0.4, -0.2) is 47.5 Å². The van der Waals surface area contributed by atoms with Crippen molar-refractivity contribution in [3.8, 4) is 0 Å². The van der Waals surface area contributed by atoms with Gasteiger partial charge in [0.25, 0.3) is 0 Å². The third-order valence-electron chi connectivity index (χ3n) is 8.20. The zero-order valence-electron chi connectivity index (χ0n) is 21.5. The fourth-order valence-corrected chi connectivity index (χ4v) is 6.25. The topological polar surface area (TPSA) is 108 Å². The van der Waals surface area contributed by atoms with Gasteiger partial charge in [-0.05, 0) is 60.8 Å². The number of carbonyl (C=O) groups is 1. The number of nitrogens with one attached hydrogen (secondary N) is 2. The van der Waals surface area contributed by atoms with E-state index in [0.717, 1.165) is 12.8 Å². The lowest BCUT2D eigenvalue weighted by atomic mass is 9.67. The van der Waals surface area contributed by atoms with Gasteiger partial charge >= 0.3 is 0 Å². The summed E-state index contributed by atoms with van der Waals surface area (Å²) in [6, 6.07) is 7.08. The molecule has 2 aliphatic rings. The van der Waals surface area contributed by atoms with E-state index < -0.39 is 53.8 Å². The lowest BCUT2D eigenvalue weighted by Gasteiger charge is -2.40. The second kappa shape index (κ2) is 11.4. The minimum absolute atomic E-state index is 0.0780. The number of hydrogen-bond acceptors (Lipinski definition) is 5. The van der Waals surface area contributed by atoms with Crippen LogP contribution in [0.25, 0.3) is 0 Å². The molecule has 10 heteroatoms. The number of rotatable bonds is 10. The van der Waals surface area contributed by atoms with Crippen LogP contribution in [0.15, 0.2) is 36.4 Å². The summed E-state index contributed by atoms with van der Waals surface area (Å²) in [6.45, 7) is 3.90. The minimum Gasteiger partial charge on any atom is -0.394 e. The van der Waals surface area contributed by atoms with Gasteiger partial charge in [-0.2, -0.15) is 0 Å². The number of carbonyl (C=O) groups excluding carboxylic acids is 1. The van der Waals surface area contributed by atoms with Crippen molar-refractivity contribution < 1.29 is 23.8 Å². The molecule has 208 valence electrons. The molecule has 1 saturated carbocycles. The molecule has 1 aliphatic carbocycles. The summed E-state index contributed by atoms with van der Waals surface area (Å²) in [5.74, 6) is -2.40. The molecule has 2 aromatic carbocycles. The Balaban J connectivity index is 1.83. The zero-order valence-corrected chi connectivity index (χ0v) is 23.0. The highest BCUT2D eigenvalue weighted by molar-refractivity contribution is 6.31. The first kappa shape index (κ1) is 29.2. The maximum Gasteiger partial charge on any atom is 0.237 e. The van der Waals surface area contributed by atoms with E-state index in [-0.39, 0.29) is 39.6 Å². The van der Waals surface area contributed by atoms with Crippen LogP contribution < -0.4 is 16.4 Å². The predicted molar refractivity (Wildman–Crippen MR) is 144 cm³/mol. The highest BCUT2D eigenvalue weighted by Gasteiger charge is 2.59. The minimum atomic E-state index is -1.54. The normalized spacial score (nSPS) is 26.4. The molecule has 0 spiro atoms. The van der Waals surface area contributed by atoms with Gasteiger partial charge in [-0.15, -0.1) is 0 Å². The van der Waals surface area contributed by atoms with Crippen LogP contribution in [0.5, 0.6) is 0 Å². The van der Waals surface area contributed by atoms with Gasteiger partial charge in [0.15, 0.2) is 0 Å². The highest BCUT2D eigenvalue weighted by atomic mass is 35.5. The monoisotopic (exact) mass is 569 g/mol. The molecule has 1 amide bonds. The van der Waals surface area contributed by atoms with E-state index in [2.05, 4.69) is 24.5 Å². The fraction of sp³-hybridized carbons (Fsp3) is 0.536. The molecule has 2 fully saturated rings. The summed E-state index contributed by atoms with van der Waals surface area (Å²) < 4.78 is 31.2. The molecule has 38 heavy (non-hydrogen) atoms. The first-order chi connectivity index (χ1) is 17.9. The number of amides is 1. The molecule has 5 atom stereocenters. The average molecular weight is 571 g/mol. The zero-order chi connectivity index (χ0) is 27.8. The lowest BCUT2D eigenvalue weighted by molar-refractivity contribution is -0.123. The maximum absolute atomic E-state index is 15.6. The van der Waals surface area contributed by atoms with Crippen molar-refractivity contribution in [1.29, 1.82) is 0 Å². The van der Waals surface area contributed by atoms with Gasteiger partial charge in [-0.1, -0.05) is 55.2 Å². The summed E-state index contributed by atoms with van der Waals surface area (Å²) in [4.78, 5) is 13.6. The van der Waals surface area contributed by atoms with Crippen LogP contribution in [0.2, 0.25) is 10.0 Å². The van der Waals surface area contributed by atoms with E-state index in [1.54, 1.807) is 6.07 Å². The fourth-order valence-electron chi connectivity index (χ4n) is 5.91. The number of halogens is 4. The second-order valence-electron chi connectivity index (χ2n) is 11.3. The second-order valence-corrected chi connectivity index (χ2v) is 12.1. The Morgan fingerprint density at radius 3 is 2.61 bits per heavy atom. The Bertz CT molecular complexity index is 1180. The number of aliphatic hydroxyl groups excluding tert-OH is 2. The van der Waals surface area contributed by atoms with Crippen molar-refractivity contribution in [2.24, 2.45) is 17.1 Å². The third-order valence-corrected chi connectivity index (χ3v) is 8.73. The number of benzene rings is 2. The van der Waals surface area contributed by atoms with Gasteiger partial charge in [0.2, 0.25) is 5.91 Å². The molecule has 0 bridgehead atoms. The van der Waals surface area contributed by atoms with Crippen LogP contribution in [0, 0.1) is 23.0 Å². The maximum atomic E-state index is 15.6. The van der Waals surface area contributed by atoms with Gasteiger partial charge < -0.3 is 26.6 Å². The van der Waals surface area contributed by atoms with E-state index in [0.29, 0.717) is 12.3 Å². The molecular weight excluding hydrogens is 535 g/mol. The van der Waals surface area contributed by atoms with E-state index in [1.807, 2.05) is 0 Å². The molecule has 6 N–H and O–H groups in total. The van der Waals surface area contributed by atoms with Crippen molar-refractivity contribution in [3.63, 3.8) is 0 Å². The van der Waals surface area contributed by atoms with Crippen molar-refractivity contribution in [3.05, 3.63) is 69.2 Å². The van der Waals surface area contributed by atoms with Crippen LogP contribution in [0.4, 0.5) is 8.78 Å². The molecule has 1 heterocycles. The average Bonchev–Trinajstić information content (AvgIpc) is 3.67. The molecule has 2 aromatic rings. The first-order valence-electron chi connectivity index (χ1n) is 12.9. The van der Waals surface area contributed by atoms with Crippen LogP contribution >= 0.6 is 23.2 Å². The van der Waals surface area contributed by atoms with Crippen LogP contribution in [-0.2, 0) is 10.3 Å². The van der Waals surface area contributed by atoms with E-state index in [9.17, 15) is 9.90 Å². The predicted octanol–water partition coefficient (Wildman–Crippen LogP) is 4.24. The summed E-state index contributed by atoms with van der Waals surface area (Å²) in [7, 11) is 0. The van der Waals surface area contributed by atoms with Crippen LogP contribution in [0.1, 0.15) is 56.6 Å². The summed E-state index contributed by atoms with van der Waals surface area (Å²) >= 11 is 12.2. The number of nitrogens with two attached hydrogens (primary N) is 1. The first-order valence-corrected chi connectivity index (χ1v) is 13.7. The van der Waals surface area contributed by atoms with Gasteiger partial charge in [0.05, 0.1) is 29.3 Å². The molecule has 0 radical (unpaired) electrons. The van der Waals surface area contributed by atoms with Gasteiger partial charge in [0, 0.05) is 29.1 Å². The van der Waals surface area contributed by atoms with Crippen molar-refractivity contribution >= 4 is 29.1 Å². The summed E-state index contributed by atoms with van der Waals surface area (Å²) in [5, 5.41) is 25.0. The largest absolute Gasteiger partial charge is 0.394 e. The van der Waals surface area contributed by atoms with Crippen molar-refractivity contribution in [2.45, 2.75) is 69.2 Å². The quantitative estimate of drug-likeness (QED) is 0.294. The Morgan fingerprint density at radius 1 is 1.26 bits per heavy atom. The number of aliphatic hydroxyl groups is 2. The van der Waals surface area contributed by atoms with Gasteiger partial charge in [-0.3, -0.25) is 4.79 Å². The molecule has 1 aliphatic heterocycles. The van der Waals surface area contributed by atoms with Gasteiger partial charge in [-0.25, -0.2) is 8.78 Å². The van der Waals surface area contributed by atoms with Crippen LogP contribution in [0.3, 0.4) is 0 Å². The standard InChI is InChI=1S/C28H35Cl2F2N3O3/c1-27(2,15-6-7-15)13-22-28(33,19-9-8-16(29)12-21(19)31)23(18-4-3-5-20(30)24(18)32)25(35-22)26(38)34-11-10-17(37)14-36/h3-5,8-9,12,15,17,22-23,25,35-37H,6-7,10-11,13-14,33H2,1-2H3,(H,34,38)/t17-,22?,23-,25+,28+/m0/s1. The Hall–Kier alpha value is -1.81. The number of hydrogen-bond donors (Lipinski definition) is 5. The Labute approximate surface area is 231 Å². The SMILES string of the molecule is CC(C)(CC1N[C@@H](C(=O)NCC[C@H](O)CO)[C@H](c2cccc(Cl)c2F)[C@@]1(N)c1ccc(Cl)cc1F)C1CC1. The summed E-state index contributed by atoms with van der Waals surface area (Å²) in [5.41, 5.74) is 5.73. The molecule has 1 saturated heterocycles. The Morgan fingerprint density at radius 2 is 1.97 bits per heavy atom. The van der Waals surface area contributed by atoms with E-state index in [4.69, 9.17) is 34.0 Å². The molecule has 0 aromatic heterocycles. The highest BCUT2D eigenvalue weighted by Crippen LogP contribution is 2.54. The molecule has 1 unspecified atom stereocenters. The summed E-state index contributed by atoms with van der Waals surface area (Å²) in [6.07, 6.45) is 1.81. The Kier molecular flexibility index (Phi) is 8.72. The molecule has 6 nitrogen and oxygen atoms in total. The lowest BCUT2D eigenvalue weighted by Crippen LogP contribution is -2.53. The van der Waals surface area contributed by atoms with Gasteiger partial charge in [0.1, 0.15) is 11.6 Å². The van der Waals surface area contributed by atoms with E-state index in [1.165, 1.54) is 30.3 Å². The van der Waals surface area contributed by atoms with E-state index >= 15 is 8.78 Å². The third kappa shape index (κ3) is 5.71. The van der Waals surface area contributed by atoms with Crippen molar-refractivity contribution in [2.75, 3.05) is 13.2 Å². The smallest absolute Gasteiger partial charge is 0.237 e. The van der Waals surface area contributed by atoms with Crippen molar-refractivity contribution in [1.82, 2.24) is 10.6 Å². The molecular formula is C28H35Cl2F2N3O3.